The molecule has 1 saturated carbocycles. The fourth-order valence-corrected chi connectivity index (χ4v) is 4.64. The Bertz CT molecular complexity index is 906. The zero-order chi connectivity index (χ0) is 19.3. The van der Waals surface area contributed by atoms with Crippen LogP contribution in [0.5, 0.6) is 0 Å². The van der Waals surface area contributed by atoms with Gasteiger partial charge in [-0.05, 0) is 54.4 Å². The summed E-state index contributed by atoms with van der Waals surface area (Å²) in [6, 6.07) is 11.5. The average Bonchev–Trinajstić information content (AvgIpc) is 3.30. The summed E-state index contributed by atoms with van der Waals surface area (Å²) < 4.78 is 35.0. The molecule has 0 unspecified atom stereocenters. The molecule has 146 valence electrons. The molecule has 1 spiro atoms. The van der Waals surface area contributed by atoms with Crippen LogP contribution in [0.25, 0.3) is 11.1 Å². The highest BCUT2D eigenvalue weighted by Gasteiger charge is 2.54. The van der Waals surface area contributed by atoms with Crippen molar-refractivity contribution < 1.29 is 18.3 Å². The van der Waals surface area contributed by atoms with Gasteiger partial charge < -0.3 is 9.64 Å². The number of hydrogen-bond acceptors (Lipinski definition) is 2. The first-order chi connectivity index (χ1) is 13.5. The molecular formula is C23H23F2NO2. The minimum atomic E-state index is -0.449. The standard InChI is InChI=1S/C23H23F2NO2/c24-17-10-16(21(25)19(12-17)15-4-2-1-3-5-15)11-18-13-23(7-8-23)14-26(18)22(27)20-6-9-28-20/h1-5,10,12,18,20H,6-9,11,13-14H2/t18-,20+/m0/s1. The Balaban J connectivity index is 1.44. The third kappa shape index (κ3) is 3.12. The molecule has 0 N–H and O–H groups in total. The topological polar surface area (TPSA) is 29.5 Å². The predicted octanol–water partition coefficient (Wildman–Crippen LogP) is 4.34. The Morgan fingerprint density at radius 3 is 2.57 bits per heavy atom. The lowest BCUT2D eigenvalue weighted by atomic mass is 9.95. The average molecular weight is 383 g/mol. The molecule has 1 amide bonds. The quantitative estimate of drug-likeness (QED) is 0.786. The van der Waals surface area contributed by atoms with Crippen molar-refractivity contribution in [2.75, 3.05) is 13.2 Å². The van der Waals surface area contributed by atoms with Crippen molar-refractivity contribution >= 4 is 5.91 Å². The molecule has 28 heavy (non-hydrogen) atoms. The number of hydrogen-bond donors (Lipinski definition) is 0. The molecule has 2 aliphatic heterocycles. The number of halogens is 2. The highest BCUT2D eigenvalue weighted by molar-refractivity contribution is 5.82. The van der Waals surface area contributed by atoms with E-state index in [1.165, 1.54) is 12.1 Å². The Morgan fingerprint density at radius 2 is 1.93 bits per heavy atom. The molecule has 1 aliphatic carbocycles. The maximum absolute atomic E-state index is 15.3. The predicted molar refractivity (Wildman–Crippen MR) is 102 cm³/mol. The highest BCUT2D eigenvalue weighted by Crippen LogP contribution is 2.55. The van der Waals surface area contributed by atoms with E-state index in [1.807, 2.05) is 23.1 Å². The lowest BCUT2D eigenvalue weighted by Gasteiger charge is -2.33. The molecule has 2 atom stereocenters. The molecule has 3 fully saturated rings. The van der Waals surface area contributed by atoms with Gasteiger partial charge in [-0.3, -0.25) is 4.79 Å². The largest absolute Gasteiger partial charge is 0.368 e. The molecule has 0 aromatic heterocycles. The molecule has 3 nitrogen and oxygen atoms in total. The Labute approximate surface area is 163 Å². The number of nitrogens with zero attached hydrogens (tertiary/aromatic N) is 1. The van der Waals surface area contributed by atoms with Crippen LogP contribution in [0.15, 0.2) is 42.5 Å². The van der Waals surface area contributed by atoms with Crippen LogP contribution in [0, 0.1) is 17.0 Å². The van der Waals surface area contributed by atoms with Crippen LogP contribution in [0.1, 0.15) is 31.2 Å². The summed E-state index contributed by atoms with van der Waals surface area (Å²) in [5, 5.41) is 0. The van der Waals surface area contributed by atoms with Gasteiger partial charge in [-0.1, -0.05) is 30.3 Å². The van der Waals surface area contributed by atoms with Gasteiger partial charge in [0.1, 0.15) is 17.7 Å². The van der Waals surface area contributed by atoms with Crippen LogP contribution in [0.4, 0.5) is 8.78 Å². The molecule has 2 heterocycles. The van der Waals surface area contributed by atoms with E-state index in [0.29, 0.717) is 24.2 Å². The van der Waals surface area contributed by atoms with Crippen molar-refractivity contribution in [1.82, 2.24) is 4.90 Å². The number of rotatable bonds is 4. The van der Waals surface area contributed by atoms with Gasteiger partial charge in [0, 0.05) is 24.6 Å². The summed E-state index contributed by atoms with van der Waals surface area (Å²) in [5.74, 6) is -0.827. The highest BCUT2D eigenvalue weighted by atomic mass is 19.1. The first-order valence-electron chi connectivity index (χ1n) is 10.0. The van der Waals surface area contributed by atoms with Crippen molar-refractivity contribution in [3.8, 4) is 11.1 Å². The van der Waals surface area contributed by atoms with Gasteiger partial charge >= 0.3 is 0 Å². The maximum Gasteiger partial charge on any atom is 0.252 e. The lowest BCUT2D eigenvalue weighted by Crippen LogP contribution is -2.48. The summed E-state index contributed by atoms with van der Waals surface area (Å²) in [6.45, 7) is 1.35. The monoisotopic (exact) mass is 383 g/mol. The van der Waals surface area contributed by atoms with Gasteiger partial charge in [0.05, 0.1) is 6.61 Å². The molecular weight excluding hydrogens is 360 g/mol. The van der Waals surface area contributed by atoms with Gasteiger partial charge in [0.15, 0.2) is 0 Å². The first-order valence-corrected chi connectivity index (χ1v) is 10.0. The van der Waals surface area contributed by atoms with E-state index in [-0.39, 0.29) is 29.0 Å². The number of ether oxygens (including phenoxy) is 1. The van der Waals surface area contributed by atoms with Crippen molar-refractivity contribution in [3.63, 3.8) is 0 Å². The molecule has 2 saturated heterocycles. The molecule has 2 aromatic carbocycles. The zero-order valence-electron chi connectivity index (χ0n) is 15.7. The van der Waals surface area contributed by atoms with Crippen LogP contribution < -0.4 is 0 Å². The number of carbonyl (C=O) groups is 1. The first kappa shape index (κ1) is 17.8. The third-order valence-corrected chi connectivity index (χ3v) is 6.48. The Kier molecular flexibility index (Phi) is 4.23. The van der Waals surface area contributed by atoms with E-state index >= 15 is 4.39 Å². The summed E-state index contributed by atoms with van der Waals surface area (Å²) in [6.07, 6.45) is 3.82. The Hall–Kier alpha value is -2.27. The molecule has 3 aliphatic rings. The van der Waals surface area contributed by atoms with E-state index in [9.17, 15) is 9.18 Å². The van der Waals surface area contributed by atoms with Gasteiger partial charge in [0.25, 0.3) is 5.91 Å². The molecule has 0 radical (unpaired) electrons. The third-order valence-electron chi connectivity index (χ3n) is 6.48. The fraction of sp³-hybridized carbons (Fsp3) is 0.435. The molecule has 5 heteroatoms. The second kappa shape index (κ2) is 6.66. The lowest BCUT2D eigenvalue weighted by molar-refractivity contribution is -0.157. The minimum absolute atomic E-state index is 0.0140. The number of amides is 1. The normalized spacial score (nSPS) is 25.0. The van der Waals surface area contributed by atoms with Gasteiger partial charge in [-0.2, -0.15) is 0 Å². The van der Waals surface area contributed by atoms with E-state index in [1.54, 1.807) is 12.1 Å². The molecule has 2 aromatic rings. The van der Waals surface area contributed by atoms with Gasteiger partial charge in [-0.25, -0.2) is 8.78 Å². The van der Waals surface area contributed by atoms with E-state index in [2.05, 4.69) is 0 Å². The smallest absolute Gasteiger partial charge is 0.252 e. The van der Waals surface area contributed by atoms with Crippen molar-refractivity contribution in [3.05, 3.63) is 59.7 Å². The van der Waals surface area contributed by atoms with Crippen molar-refractivity contribution in [1.29, 1.82) is 0 Å². The van der Waals surface area contributed by atoms with Crippen LogP contribution in [-0.2, 0) is 16.0 Å². The second-order valence-electron chi connectivity index (χ2n) is 8.47. The minimum Gasteiger partial charge on any atom is -0.368 e. The fourth-order valence-electron chi connectivity index (χ4n) is 4.64. The molecule has 5 rings (SSSR count). The van der Waals surface area contributed by atoms with Gasteiger partial charge in [-0.15, -0.1) is 0 Å². The summed E-state index contributed by atoms with van der Waals surface area (Å²) in [7, 11) is 0. The molecule has 0 bridgehead atoms. The van der Waals surface area contributed by atoms with E-state index in [4.69, 9.17) is 4.74 Å². The zero-order valence-corrected chi connectivity index (χ0v) is 15.7. The van der Waals surface area contributed by atoms with Gasteiger partial charge in [0.2, 0.25) is 0 Å². The van der Waals surface area contributed by atoms with Crippen molar-refractivity contribution in [2.24, 2.45) is 5.41 Å². The number of likely N-dealkylation sites (tertiary alicyclic amines) is 1. The number of benzene rings is 2. The van der Waals surface area contributed by atoms with E-state index in [0.717, 1.165) is 32.2 Å². The van der Waals surface area contributed by atoms with Crippen LogP contribution >= 0.6 is 0 Å². The maximum atomic E-state index is 15.3. The van der Waals surface area contributed by atoms with Crippen LogP contribution in [-0.4, -0.2) is 36.1 Å². The summed E-state index contributed by atoms with van der Waals surface area (Å²) in [5.41, 5.74) is 1.46. The SMILES string of the molecule is O=C([C@H]1CCO1)N1CC2(CC2)C[C@@H]1Cc1cc(F)cc(-c2ccccc2)c1F. The number of carbonyl (C=O) groups excluding carboxylic acids is 1. The van der Waals surface area contributed by atoms with Crippen LogP contribution in [0.3, 0.4) is 0 Å². The van der Waals surface area contributed by atoms with Crippen molar-refractivity contribution in [2.45, 2.75) is 44.2 Å². The second-order valence-corrected chi connectivity index (χ2v) is 8.47. The van der Waals surface area contributed by atoms with Crippen LogP contribution in [0.2, 0.25) is 0 Å². The summed E-state index contributed by atoms with van der Waals surface area (Å²) >= 11 is 0. The van der Waals surface area contributed by atoms with E-state index < -0.39 is 11.6 Å². The Morgan fingerprint density at radius 1 is 1.18 bits per heavy atom. The summed E-state index contributed by atoms with van der Waals surface area (Å²) in [4.78, 5) is 14.7.